The van der Waals surface area contributed by atoms with Gasteiger partial charge in [-0.15, -0.1) is 0 Å². The summed E-state index contributed by atoms with van der Waals surface area (Å²) >= 11 is 0. The molecule has 0 unspecified atom stereocenters. The molecule has 3 heterocycles. The standard InChI is InChI=1S/C23H30N4O4/c1-14-20(25-13-26-21(14)30-19-7-6-8-24-15(19)2)29-18-9-16-11-27(12-17(16)10-18)22(28)31-23(3,4)5/h6-8,13,16-18H,9-12H2,1-5H3/t16-,17+,18-. The summed E-state index contributed by atoms with van der Waals surface area (Å²) < 4.78 is 17.7. The van der Waals surface area contributed by atoms with Crippen LogP contribution in [0.2, 0.25) is 0 Å². The Morgan fingerprint density at radius 3 is 2.39 bits per heavy atom. The second-order valence-electron chi connectivity index (χ2n) is 9.41. The second kappa shape index (κ2) is 8.32. The van der Waals surface area contributed by atoms with Crippen molar-refractivity contribution in [2.45, 2.75) is 59.2 Å². The summed E-state index contributed by atoms with van der Waals surface area (Å²) in [6.07, 6.45) is 4.82. The number of carbonyl (C=O) groups is 1. The molecular weight excluding hydrogens is 396 g/mol. The van der Waals surface area contributed by atoms with Crippen molar-refractivity contribution >= 4 is 6.09 Å². The number of aromatic nitrogens is 3. The minimum atomic E-state index is -0.473. The molecule has 1 saturated carbocycles. The van der Waals surface area contributed by atoms with Gasteiger partial charge in [-0.25, -0.2) is 14.8 Å². The van der Waals surface area contributed by atoms with E-state index in [0.717, 1.165) is 37.2 Å². The minimum absolute atomic E-state index is 0.0670. The van der Waals surface area contributed by atoms with Crippen LogP contribution in [0.3, 0.4) is 0 Å². The summed E-state index contributed by atoms with van der Waals surface area (Å²) in [6, 6.07) is 3.69. The van der Waals surface area contributed by atoms with Crippen molar-refractivity contribution in [3.8, 4) is 17.5 Å². The Morgan fingerprint density at radius 2 is 1.74 bits per heavy atom. The number of hydrogen-bond acceptors (Lipinski definition) is 7. The number of fused-ring (bicyclic) bond motifs is 1. The molecule has 2 fully saturated rings. The fourth-order valence-electron chi connectivity index (χ4n) is 4.30. The molecule has 1 amide bonds. The first-order chi connectivity index (χ1) is 14.7. The molecule has 0 aromatic carbocycles. The summed E-state index contributed by atoms with van der Waals surface area (Å²) in [7, 11) is 0. The van der Waals surface area contributed by atoms with Gasteiger partial charge in [0.1, 0.15) is 18.0 Å². The molecule has 4 rings (SSSR count). The summed E-state index contributed by atoms with van der Waals surface area (Å²) in [5.41, 5.74) is 1.08. The SMILES string of the molecule is Cc1ncccc1Oc1ncnc(O[C@@H]2C[C@@H]3CN(C(=O)OC(C)(C)C)C[C@@H]3C2)c1C. The fourth-order valence-corrected chi connectivity index (χ4v) is 4.30. The van der Waals surface area contributed by atoms with E-state index in [9.17, 15) is 4.79 Å². The van der Waals surface area contributed by atoms with Crippen LogP contribution >= 0.6 is 0 Å². The van der Waals surface area contributed by atoms with Crippen LogP contribution in [0, 0.1) is 25.7 Å². The summed E-state index contributed by atoms with van der Waals surface area (Å²) in [5, 5.41) is 0. The predicted octanol–water partition coefficient (Wildman–Crippen LogP) is 4.31. The van der Waals surface area contributed by atoms with E-state index in [2.05, 4.69) is 15.0 Å². The molecule has 1 saturated heterocycles. The van der Waals surface area contributed by atoms with E-state index in [1.807, 2.05) is 51.7 Å². The molecule has 3 atom stereocenters. The van der Waals surface area contributed by atoms with Gasteiger partial charge in [-0.2, -0.15) is 0 Å². The topological polar surface area (TPSA) is 86.7 Å². The fraction of sp³-hybridized carbons (Fsp3) is 0.565. The van der Waals surface area contributed by atoms with Gasteiger partial charge in [-0.1, -0.05) is 0 Å². The molecule has 2 aromatic heterocycles. The maximum Gasteiger partial charge on any atom is 0.410 e. The molecule has 0 N–H and O–H groups in total. The van der Waals surface area contributed by atoms with Crippen LogP contribution < -0.4 is 9.47 Å². The van der Waals surface area contributed by atoms with Crippen molar-refractivity contribution in [3.63, 3.8) is 0 Å². The number of likely N-dealkylation sites (tertiary alicyclic amines) is 1. The molecule has 2 aromatic rings. The molecule has 1 aliphatic heterocycles. The van der Waals surface area contributed by atoms with Gasteiger partial charge in [-0.05, 0) is 71.4 Å². The lowest BCUT2D eigenvalue weighted by atomic mass is 10.0. The largest absolute Gasteiger partial charge is 0.474 e. The molecule has 0 radical (unpaired) electrons. The monoisotopic (exact) mass is 426 g/mol. The van der Waals surface area contributed by atoms with Crippen molar-refractivity contribution in [1.82, 2.24) is 19.9 Å². The van der Waals surface area contributed by atoms with Crippen molar-refractivity contribution in [3.05, 3.63) is 35.9 Å². The van der Waals surface area contributed by atoms with E-state index in [1.54, 1.807) is 6.20 Å². The van der Waals surface area contributed by atoms with Gasteiger partial charge in [0.25, 0.3) is 0 Å². The van der Waals surface area contributed by atoms with Gasteiger partial charge < -0.3 is 19.1 Å². The molecular formula is C23H30N4O4. The Kier molecular flexibility index (Phi) is 5.73. The quantitative estimate of drug-likeness (QED) is 0.720. The smallest absolute Gasteiger partial charge is 0.410 e. The minimum Gasteiger partial charge on any atom is -0.474 e. The van der Waals surface area contributed by atoms with Crippen molar-refractivity contribution in [2.75, 3.05) is 13.1 Å². The predicted molar refractivity (Wildman–Crippen MR) is 114 cm³/mol. The van der Waals surface area contributed by atoms with Crippen molar-refractivity contribution < 1.29 is 19.0 Å². The number of pyridine rings is 1. The Bertz CT molecular complexity index is 945. The summed E-state index contributed by atoms with van der Waals surface area (Å²) in [5.74, 6) is 2.52. The number of ether oxygens (including phenoxy) is 3. The zero-order valence-corrected chi connectivity index (χ0v) is 18.8. The van der Waals surface area contributed by atoms with Crippen LogP contribution in [0.25, 0.3) is 0 Å². The Balaban J connectivity index is 1.37. The van der Waals surface area contributed by atoms with Gasteiger partial charge >= 0.3 is 6.09 Å². The lowest BCUT2D eigenvalue weighted by Gasteiger charge is -2.25. The highest BCUT2D eigenvalue weighted by molar-refractivity contribution is 5.68. The van der Waals surface area contributed by atoms with E-state index in [1.165, 1.54) is 6.33 Å². The number of carbonyl (C=O) groups excluding carboxylic acids is 1. The lowest BCUT2D eigenvalue weighted by Crippen LogP contribution is -2.36. The molecule has 0 bridgehead atoms. The molecule has 8 heteroatoms. The second-order valence-corrected chi connectivity index (χ2v) is 9.41. The number of aryl methyl sites for hydroxylation is 1. The first-order valence-electron chi connectivity index (χ1n) is 10.8. The lowest BCUT2D eigenvalue weighted by molar-refractivity contribution is 0.0271. The van der Waals surface area contributed by atoms with E-state index in [-0.39, 0.29) is 12.2 Å². The average molecular weight is 427 g/mol. The van der Waals surface area contributed by atoms with E-state index in [4.69, 9.17) is 14.2 Å². The van der Waals surface area contributed by atoms with E-state index in [0.29, 0.717) is 29.3 Å². The maximum atomic E-state index is 12.4. The normalized spacial score (nSPS) is 22.9. The van der Waals surface area contributed by atoms with Crippen LogP contribution in [0.1, 0.15) is 44.9 Å². The molecule has 166 valence electrons. The third-order valence-electron chi connectivity index (χ3n) is 5.79. The van der Waals surface area contributed by atoms with Crippen LogP contribution in [-0.2, 0) is 4.74 Å². The van der Waals surface area contributed by atoms with Gasteiger partial charge in [0.15, 0.2) is 5.75 Å². The number of hydrogen-bond donors (Lipinski definition) is 0. The van der Waals surface area contributed by atoms with E-state index >= 15 is 0 Å². The van der Waals surface area contributed by atoms with Crippen LogP contribution in [0.5, 0.6) is 17.5 Å². The maximum absolute atomic E-state index is 12.4. The number of rotatable bonds is 4. The summed E-state index contributed by atoms with van der Waals surface area (Å²) in [6.45, 7) is 10.9. The van der Waals surface area contributed by atoms with Crippen molar-refractivity contribution in [2.24, 2.45) is 11.8 Å². The summed E-state index contributed by atoms with van der Waals surface area (Å²) in [4.78, 5) is 27.0. The van der Waals surface area contributed by atoms with E-state index < -0.39 is 5.60 Å². The third-order valence-corrected chi connectivity index (χ3v) is 5.79. The highest BCUT2D eigenvalue weighted by atomic mass is 16.6. The highest BCUT2D eigenvalue weighted by Gasteiger charge is 2.44. The first kappa shape index (κ1) is 21.3. The van der Waals surface area contributed by atoms with Gasteiger partial charge in [0, 0.05) is 19.3 Å². The highest BCUT2D eigenvalue weighted by Crippen LogP contribution is 2.41. The zero-order chi connectivity index (χ0) is 22.2. The van der Waals surface area contributed by atoms with Crippen LogP contribution in [0.4, 0.5) is 4.79 Å². The zero-order valence-electron chi connectivity index (χ0n) is 18.8. The van der Waals surface area contributed by atoms with Crippen LogP contribution in [0.15, 0.2) is 24.7 Å². The third kappa shape index (κ3) is 4.89. The number of nitrogens with zero attached hydrogens (tertiary/aromatic N) is 4. The van der Waals surface area contributed by atoms with Gasteiger partial charge in [0.2, 0.25) is 11.8 Å². The van der Waals surface area contributed by atoms with Gasteiger partial charge in [-0.3, -0.25) is 4.98 Å². The molecule has 31 heavy (non-hydrogen) atoms. The van der Waals surface area contributed by atoms with Crippen LogP contribution in [-0.4, -0.2) is 50.7 Å². The molecule has 0 spiro atoms. The first-order valence-corrected chi connectivity index (χ1v) is 10.8. The Labute approximate surface area is 183 Å². The molecule has 8 nitrogen and oxygen atoms in total. The van der Waals surface area contributed by atoms with Crippen molar-refractivity contribution in [1.29, 1.82) is 0 Å². The average Bonchev–Trinajstić information content (AvgIpc) is 3.24. The van der Waals surface area contributed by atoms with Gasteiger partial charge in [0.05, 0.1) is 11.3 Å². The molecule has 2 aliphatic rings. The number of amides is 1. The Morgan fingerprint density at radius 1 is 1.06 bits per heavy atom. The molecule has 1 aliphatic carbocycles. The Hall–Kier alpha value is -2.90.